The Hall–Kier alpha value is -3.31. The van der Waals surface area contributed by atoms with Crippen molar-refractivity contribution in [1.82, 2.24) is 14.9 Å². The number of hydrogen-bond acceptors (Lipinski definition) is 9. The van der Waals surface area contributed by atoms with Gasteiger partial charge < -0.3 is 23.5 Å². The van der Waals surface area contributed by atoms with Gasteiger partial charge in [0.15, 0.2) is 11.5 Å². The molecule has 30 heavy (non-hydrogen) atoms. The molecule has 1 aromatic heterocycles. The van der Waals surface area contributed by atoms with Crippen LogP contribution in [0.1, 0.15) is 5.89 Å². The maximum Gasteiger partial charge on any atom is 0.244 e. The van der Waals surface area contributed by atoms with Crippen LogP contribution in [0, 0.1) is 0 Å². The third-order valence-electron chi connectivity index (χ3n) is 4.18. The summed E-state index contributed by atoms with van der Waals surface area (Å²) in [6.07, 6.45) is 0. The second-order valence-electron chi connectivity index (χ2n) is 5.92. The van der Waals surface area contributed by atoms with Crippen LogP contribution in [0.5, 0.6) is 23.0 Å². The number of nitrogens with zero attached hydrogens (tertiary/aromatic N) is 2. The number of rotatable bonds is 9. The van der Waals surface area contributed by atoms with E-state index in [0.29, 0.717) is 22.8 Å². The maximum atomic E-state index is 12.7. The zero-order valence-corrected chi connectivity index (χ0v) is 17.6. The fraction of sp³-hybridized carbons (Fsp3) is 0.263. The number of benzene rings is 2. The van der Waals surface area contributed by atoms with Crippen LogP contribution in [0.2, 0.25) is 0 Å². The molecular weight excluding hydrogens is 414 g/mol. The predicted molar refractivity (Wildman–Crippen MR) is 106 cm³/mol. The van der Waals surface area contributed by atoms with E-state index in [9.17, 15) is 8.42 Å². The SMILES string of the molecule is COc1ccc(OC)c(S(=O)(=O)NCc2nc(-c3ccc(OC)c(OC)c3)no2)c1. The van der Waals surface area contributed by atoms with E-state index in [4.69, 9.17) is 23.5 Å². The molecule has 0 spiro atoms. The molecular formula is C19H21N3O7S. The maximum absolute atomic E-state index is 12.7. The number of hydrogen-bond donors (Lipinski definition) is 1. The molecule has 0 amide bonds. The van der Waals surface area contributed by atoms with Gasteiger partial charge in [0.1, 0.15) is 16.4 Å². The summed E-state index contributed by atoms with van der Waals surface area (Å²) >= 11 is 0. The zero-order chi connectivity index (χ0) is 21.7. The minimum atomic E-state index is -3.93. The minimum Gasteiger partial charge on any atom is -0.497 e. The van der Waals surface area contributed by atoms with E-state index >= 15 is 0 Å². The smallest absolute Gasteiger partial charge is 0.244 e. The average Bonchev–Trinajstić information content (AvgIpc) is 3.26. The molecule has 10 nitrogen and oxygen atoms in total. The lowest BCUT2D eigenvalue weighted by atomic mass is 10.2. The molecule has 0 atom stereocenters. The molecule has 0 radical (unpaired) electrons. The van der Waals surface area contributed by atoms with Crippen molar-refractivity contribution in [3.8, 4) is 34.4 Å². The molecule has 0 fully saturated rings. The standard InChI is InChI=1S/C19H21N3O7S/c1-25-13-6-8-15(27-3)17(10-13)30(23,24)20-11-18-21-19(22-29-18)12-5-7-14(26-2)16(9-12)28-4/h5-10,20H,11H2,1-4H3. The van der Waals surface area contributed by atoms with Crippen molar-refractivity contribution in [2.75, 3.05) is 28.4 Å². The van der Waals surface area contributed by atoms with Crippen LogP contribution >= 0.6 is 0 Å². The summed E-state index contributed by atoms with van der Waals surface area (Å²) in [4.78, 5) is 4.16. The molecule has 0 bridgehead atoms. The van der Waals surface area contributed by atoms with E-state index in [1.807, 2.05) is 0 Å². The Balaban J connectivity index is 1.79. The fourth-order valence-corrected chi connectivity index (χ4v) is 3.80. The molecule has 0 aliphatic heterocycles. The first-order valence-corrected chi connectivity index (χ1v) is 10.2. The quantitative estimate of drug-likeness (QED) is 0.539. The van der Waals surface area contributed by atoms with Crippen molar-refractivity contribution in [2.45, 2.75) is 11.4 Å². The van der Waals surface area contributed by atoms with Crippen LogP contribution in [0.3, 0.4) is 0 Å². The molecule has 3 aromatic rings. The largest absolute Gasteiger partial charge is 0.497 e. The topological polar surface area (TPSA) is 122 Å². The molecule has 0 aliphatic carbocycles. The highest BCUT2D eigenvalue weighted by Crippen LogP contribution is 2.31. The summed E-state index contributed by atoms with van der Waals surface area (Å²) < 4.78 is 53.7. The van der Waals surface area contributed by atoms with Gasteiger partial charge in [0.25, 0.3) is 0 Å². The van der Waals surface area contributed by atoms with Gasteiger partial charge >= 0.3 is 0 Å². The number of methoxy groups -OCH3 is 4. The summed E-state index contributed by atoms with van der Waals surface area (Å²) in [6.45, 7) is -0.205. The lowest BCUT2D eigenvalue weighted by molar-refractivity contribution is 0.355. The summed E-state index contributed by atoms with van der Waals surface area (Å²) in [5.41, 5.74) is 0.625. The van der Waals surface area contributed by atoms with Crippen molar-refractivity contribution in [3.05, 3.63) is 42.3 Å². The third kappa shape index (κ3) is 4.47. The lowest BCUT2D eigenvalue weighted by Crippen LogP contribution is -2.24. The van der Waals surface area contributed by atoms with E-state index in [2.05, 4.69) is 14.9 Å². The molecule has 0 unspecified atom stereocenters. The van der Waals surface area contributed by atoms with Gasteiger partial charge in [-0.3, -0.25) is 0 Å². The first kappa shape index (κ1) is 21.4. The molecule has 3 rings (SSSR count). The normalized spacial score (nSPS) is 11.2. The van der Waals surface area contributed by atoms with Crippen LogP contribution in [0.4, 0.5) is 0 Å². The summed E-state index contributed by atoms with van der Waals surface area (Å²) in [7, 11) is 1.95. The van der Waals surface area contributed by atoms with Crippen LogP contribution in [-0.2, 0) is 16.6 Å². The second kappa shape index (κ2) is 9.01. The Kier molecular flexibility index (Phi) is 6.43. The van der Waals surface area contributed by atoms with Gasteiger partial charge in [0.05, 0.1) is 35.0 Å². The molecule has 1 heterocycles. The molecule has 11 heteroatoms. The summed E-state index contributed by atoms with van der Waals surface area (Å²) in [5.74, 6) is 2.00. The van der Waals surface area contributed by atoms with Gasteiger partial charge in [0, 0.05) is 11.6 Å². The molecule has 160 valence electrons. The van der Waals surface area contributed by atoms with Crippen molar-refractivity contribution < 1.29 is 31.9 Å². The van der Waals surface area contributed by atoms with Crippen molar-refractivity contribution >= 4 is 10.0 Å². The first-order valence-electron chi connectivity index (χ1n) is 8.68. The van der Waals surface area contributed by atoms with E-state index < -0.39 is 10.0 Å². The molecule has 2 aromatic carbocycles. The van der Waals surface area contributed by atoms with Gasteiger partial charge in [0.2, 0.25) is 21.7 Å². The number of nitrogens with one attached hydrogen (secondary N) is 1. The number of sulfonamides is 1. The zero-order valence-electron chi connectivity index (χ0n) is 16.8. The van der Waals surface area contributed by atoms with Crippen LogP contribution in [0.15, 0.2) is 45.8 Å². The van der Waals surface area contributed by atoms with Gasteiger partial charge in [-0.05, 0) is 30.3 Å². The summed E-state index contributed by atoms with van der Waals surface area (Å²) in [6, 6.07) is 9.62. The fourth-order valence-electron chi connectivity index (χ4n) is 2.65. The number of ether oxygens (including phenoxy) is 4. The Morgan fingerprint density at radius 1 is 0.900 bits per heavy atom. The molecule has 0 saturated heterocycles. The Morgan fingerprint density at radius 2 is 1.60 bits per heavy atom. The second-order valence-corrected chi connectivity index (χ2v) is 7.66. The Morgan fingerprint density at radius 3 is 2.27 bits per heavy atom. The van der Waals surface area contributed by atoms with E-state index in [-0.39, 0.29) is 28.9 Å². The molecule has 1 N–H and O–H groups in total. The number of aromatic nitrogens is 2. The van der Waals surface area contributed by atoms with Crippen molar-refractivity contribution in [3.63, 3.8) is 0 Å². The molecule has 0 saturated carbocycles. The predicted octanol–water partition coefficient (Wildman–Crippen LogP) is 2.25. The van der Waals surface area contributed by atoms with Gasteiger partial charge in [-0.15, -0.1) is 0 Å². The van der Waals surface area contributed by atoms with Gasteiger partial charge in [-0.1, -0.05) is 5.16 Å². The van der Waals surface area contributed by atoms with Gasteiger partial charge in [-0.2, -0.15) is 4.98 Å². The van der Waals surface area contributed by atoms with Crippen LogP contribution in [0.25, 0.3) is 11.4 Å². The van der Waals surface area contributed by atoms with Crippen LogP contribution < -0.4 is 23.7 Å². The third-order valence-corrected chi connectivity index (χ3v) is 5.61. The molecule has 0 aliphatic rings. The average molecular weight is 435 g/mol. The lowest BCUT2D eigenvalue weighted by Gasteiger charge is -2.11. The van der Waals surface area contributed by atoms with Gasteiger partial charge in [-0.25, -0.2) is 13.1 Å². The minimum absolute atomic E-state index is 0.0658. The monoisotopic (exact) mass is 435 g/mol. The van der Waals surface area contributed by atoms with Crippen molar-refractivity contribution in [1.29, 1.82) is 0 Å². The van der Waals surface area contributed by atoms with E-state index in [0.717, 1.165) is 0 Å². The van der Waals surface area contributed by atoms with Crippen molar-refractivity contribution in [2.24, 2.45) is 0 Å². The highest BCUT2D eigenvalue weighted by molar-refractivity contribution is 7.89. The van der Waals surface area contributed by atoms with Crippen LogP contribution in [-0.4, -0.2) is 47.0 Å². The highest BCUT2D eigenvalue weighted by Gasteiger charge is 2.22. The Labute approximate surface area is 173 Å². The van der Waals surface area contributed by atoms with E-state index in [1.54, 1.807) is 24.3 Å². The highest BCUT2D eigenvalue weighted by atomic mass is 32.2. The summed E-state index contributed by atoms with van der Waals surface area (Å²) in [5, 5.41) is 3.89. The van der Waals surface area contributed by atoms with E-state index in [1.165, 1.54) is 40.6 Å². The first-order chi connectivity index (χ1) is 14.4. The Bertz CT molecular complexity index is 1130.